The fourth-order valence-corrected chi connectivity index (χ4v) is 2.13. The maximum atomic E-state index is 11.0. The third-order valence-electron chi connectivity index (χ3n) is 2.97. The Balaban J connectivity index is 2.72. The summed E-state index contributed by atoms with van der Waals surface area (Å²) in [6.45, 7) is 6.17. The molecular formula is C15H16ClNO2. The van der Waals surface area contributed by atoms with E-state index in [1.807, 2.05) is 12.1 Å². The number of rotatable bonds is 2. The molecule has 0 saturated carbocycles. The molecular weight excluding hydrogens is 262 g/mol. The summed E-state index contributed by atoms with van der Waals surface area (Å²) in [4.78, 5) is 15.6. The molecule has 0 amide bonds. The fraction of sp³-hybridized carbons (Fsp3) is 0.333. The number of hydrogen-bond acceptors (Lipinski definition) is 2. The number of benzene rings is 1. The minimum atomic E-state index is -0.854. The van der Waals surface area contributed by atoms with Gasteiger partial charge >= 0.3 is 5.97 Å². The zero-order valence-corrected chi connectivity index (χ0v) is 12.0. The third-order valence-corrected chi connectivity index (χ3v) is 3.20. The summed E-state index contributed by atoms with van der Waals surface area (Å²) in [5, 5.41) is 10.4. The standard InChI is InChI=1S/C15H16ClNO2/c1-15(2,3)13-6-9(7-14(18)19)11-8-10(16)4-5-12(11)17-13/h4-6,8H,7H2,1-3H3,(H,18,19). The van der Waals surface area contributed by atoms with Crippen LogP contribution in [0.5, 0.6) is 0 Å². The van der Waals surface area contributed by atoms with Gasteiger partial charge < -0.3 is 5.11 Å². The van der Waals surface area contributed by atoms with Crippen molar-refractivity contribution in [2.75, 3.05) is 0 Å². The first kappa shape index (κ1) is 13.8. The van der Waals surface area contributed by atoms with E-state index < -0.39 is 5.97 Å². The molecule has 4 heteroatoms. The Morgan fingerprint density at radius 3 is 2.58 bits per heavy atom. The number of fused-ring (bicyclic) bond motifs is 1. The van der Waals surface area contributed by atoms with Crippen molar-refractivity contribution in [3.63, 3.8) is 0 Å². The Hall–Kier alpha value is -1.61. The number of nitrogens with zero attached hydrogens (tertiary/aromatic N) is 1. The number of carboxylic acids is 1. The second kappa shape index (κ2) is 4.82. The third kappa shape index (κ3) is 3.04. The molecule has 19 heavy (non-hydrogen) atoms. The van der Waals surface area contributed by atoms with Crippen LogP contribution in [0.15, 0.2) is 24.3 Å². The van der Waals surface area contributed by atoms with Crippen LogP contribution in [-0.2, 0) is 16.6 Å². The molecule has 3 nitrogen and oxygen atoms in total. The van der Waals surface area contributed by atoms with E-state index in [9.17, 15) is 4.79 Å². The van der Waals surface area contributed by atoms with Gasteiger partial charge in [0, 0.05) is 21.5 Å². The van der Waals surface area contributed by atoms with E-state index in [2.05, 4.69) is 25.8 Å². The van der Waals surface area contributed by atoms with E-state index in [4.69, 9.17) is 16.7 Å². The van der Waals surface area contributed by atoms with E-state index in [-0.39, 0.29) is 11.8 Å². The van der Waals surface area contributed by atoms with Crippen LogP contribution in [-0.4, -0.2) is 16.1 Å². The lowest BCUT2D eigenvalue weighted by Crippen LogP contribution is -2.15. The van der Waals surface area contributed by atoms with Crippen molar-refractivity contribution in [2.45, 2.75) is 32.6 Å². The Labute approximate surface area is 117 Å². The second-order valence-electron chi connectivity index (χ2n) is 5.65. The highest BCUT2D eigenvalue weighted by Crippen LogP contribution is 2.28. The zero-order valence-electron chi connectivity index (χ0n) is 11.2. The van der Waals surface area contributed by atoms with Gasteiger partial charge in [-0.25, -0.2) is 0 Å². The van der Waals surface area contributed by atoms with Gasteiger partial charge in [0.15, 0.2) is 0 Å². The zero-order chi connectivity index (χ0) is 14.2. The van der Waals surface area contributed by atoms with Crippen molar-refractivity contribution in [3.8, 4) is 0 Å². The van der Waals surface area contributed by atoms with Gasteiger partial charge in [-0.05, 0) is 29.8 Å². The highest BCUT2D eigenvalue weighted by Gasteiger charge is 2.18. The summed E-state index contributed by atoms with van der Waals surface area (Å²) < 4.78 is 0. The van der Waals surface area contributed by atoms with Crippen molar-refractivity contribution in [1.82, 2.24) is 4.98 Å². The van der Waals surface area contributed by atoms with Gasteiger partial charge in [-0.15, -0.1) is 0 Å². The largest absolute Gasteiger partial charge is 0.481 e. The molecule has 1 aromatic heterocycles. The van der Waals surface area contributed by atoms with Crippen molar-refractivity contribution in [1.29, 1.82) is 0 Å². The molecule has 0 aliphatic heterocycles. The number of aromatic nitrogens is 1. The van der Waals surface area contributed by atoms with E-state index in [0.29, 0.717) is 5.02 Å². The Morgan fingerprint density at radius 1 is 1.32 bits per heavy atom. The van der Waals surface area contributed by atoms with Crippen molar-refractivity contribution in [3.05, 3.63) is 40.5 Å². The maximum absolute atomic E-state index is 11.0. The monoisotopic (exact) mass is 277 g/mol. The number of pyridine rings is 1. The molecule has 2 rings (SSSR count). The molecule has 100 valence electrons. The van der Waals surface area contributed by atoms with Gasteiger partial charge in [0.25, 0.3) is 0 Å². The molecule has 0 radical (unpaired) electrons. The number of hydrogen-bond donors (Lipinski definition) is 1. The van der Waals surface area contributed by atoms with Gasteiger partial charge in [-0.3, -0.25) is 9.78 Å². The Kier molecular flexibility index (Phi) is 3.50. The topological polar surface area (TPSA) is 50.2 Å². The van der Waals surface area contributed by atoms with Gasteiger partial charge in [-0.1, -0.05) is 32.4 Å². The van der Waals surface area contributed by atoms with E-state index in [0.717, 1.165) is 22.2 Å². The summed E-state index contributed by atoms with van der Waals surface area (Å²) in [6.07, 6.45) is -0.0254. The quantitative estimate of drug-likeness (QED) is 0.908. The number of carbonyl (C=O) groups is 1. The summed E-state index contributed by atoms with van der Waals surface area (Å²) in [7, 11) is 0. The van der Waals surface area contributed by atoms with Gasteiger partial charge in [0.2, 0.25) is 0 Å². The molecule has 2 aromatic rings. The van der Waals surface area contributed by atoms with Crippen LogP contribution in [0.2, 0.25) is 5.02 Å². The molecule has 0 unspecified atom stereocenters. The summed E-state index contributed by atoms with van der Waals surface area (Å²) in [6, 6.07) is 7.24. The minimum Gasteiger partial charge on any atom is -0.481 e. The molecule has 0 bridgehead atoms. The average Bonchev–Trinajstić information content (AvgIpc) is 2.27. The molecule has 0 fully saturated rings. The van der Waals surface area contributed by atoms with E-state index in [1.54, 1.807) is 12.1 Å². The predicted octanol–water partition coefficient (Wildman–Crippen LogP) is 3.81. The summed E-state index contributed by atoms with van der Waals surface area (Å²) in [5.41, 5.74) is 2.30. The van der Waals surface area contributed by atoms with Crippen LogP contribution < -0.4 is 0 Å². The smallest absolute Gasteiger partial charge is 0.307 e. The van der Waals surface area contributed by atoms with Crippen LogP contribution in [0.3, 0.4) is 0 Å². The number of halogens is 1. The van der Waals surface area contributed by atoms with Gasteiger partial charge in [0.1, 0.15) is 0 Å². The molecule has 0 aliphatic rings. The predicted molar refractivity (Wildman–Crippen MR) is 76.8 cm³/mol. The summed E-state index contributed by atoms with van der Waals surface area (Å²) in [5.74, 6) is -0.854. The van der Waals surface area contributed by atoms with Crippen LogP contribution in [0.1, 0.15) is 32.0 Å². The molecule has 1 aromatic carbocycles. The molecule has 0 aliphatic carbocycles. The van der Waals surface area contributed by atoms with E-state index >= 15 is 0 Å². The SMILES string of the molecule is CC(C)(C)c1cc(CC(=O)O)c2cc(Cl)ccc2n1. The minimum absolute atomic E-state index is 0.0254. The van der Waals surface area contributed by atoms with Gasteiger partial charge in [-0.2, -0.15) is 0 Å². The summed E-state index contributed by atoms with van der Waals surface area (Å²) >= 11 is 5.98. The van der Waals surface area contributed by atoms with Crippen LogP contribution in [0, 0.1) is 0 Å². The number of aliphatic carboxylic acids is 1. The fourth-order valence-electron chi connectivity index (χ4n) is 1.96. The highest BCUT2D eigenvalue weighted by molar-refractivity contribution is 6.31. The lowest BCUT2D eigenvalue weighted by Gasteiger charge is -2.19. The lowest BCUT2D eigenvalue weighted by atomic mass is 9.89. The van der Waals surface area contributed by atoms with Gasteiger partial charge in [0.05, 0.1) is 11.9 Å². The Bertz CT molecular complexity index is 644. The Morgan fingerprint density at radius 2 is 2.00 bits per heavy atom. The molecule has 0 spiro atoms. The highest BCUT2D eigenvalue weighted by atomic mass is 35.5. The maximum Gasteiger partial charge on any atom is 0.307 e. The first-order valence-electron chi connectivity index (χ1n) is 6.09. The van der Waals surface area contributed by atoms with Crippen LogP contribution in [0.4, 0.5) is 0 Å². The molecule has 1 heterocycles. The van der Waals surface area contributed by atoms with Crippen molar-refractivity contribution < 1.29 is 9.90 Å². The van der Waals surface area contributed by atoms with E-state index in [1.165, 1.54) is 0 Å². The molecule has 1 N–H and O–H groups in total. The molecule has 0 atom stereocenters. The van der Waals surface area contributed by atoms with Crippen LogP contribution in [0.25, 0.3) is 10.9 Å². The first-order chi connectivity index (χ1) is 8.77. The normalized spacial score (nSPS) is 11.8. The lowest BCUT2D eigenvalue weighted by molar-refractivity contribution is -0.136. The average molecular weight is 278 g/mol. The molecule has 0 saturated heterocycles. The number of carboxylic acid groups (broad SMARTS) is 1. The van der Waals surface area contributed by atoms with Crippen molar-refractivity contribution in [2.24, 2.45) is 0 Å². The van der Waals surface area contributed by atoms with Crippen LogP contribution >= 0.6 is 11.6 Å². The van der Waals surface area contributed by atoms with Crippen molar-refractivity contribution >= 4 is 28.5 Å². The first-order valence-corrected chi connectivity index (χ1v) is 6.46. The second-order valence-corrected chi connectivity index (χ2v) is 6.09.